The number of benzene rings is 1. The number of esters is 1. The maximum Gasteiger partial charge on any atom is 0.490 e. The highest BCUT2D eigenvalue weighted by molar-refractivity contribution is 8.00. The fraction of sp³-hybridized carbons (Fsp3) is 0.643. The van der Waals surface area contributed by atoms with Gasteiger partial charge in [-0.25, -0.2) is 4.79 Å². The Hall–Kier alpha value is -2.80. The molecule has 3 heterocycles. The highest BCUT2D eigenvalue weighted by atomic mass is 32.2. The molecule has 2 amide bonds. The van der Waals surface area contributed by atoms with Crippen LogP contribution in [-0.4, -0.2) is 83.4 Å². The number of carboxylic acid groups (broad SMARTS) is 1. The number of amides is 2. The molecule has 1 aliphatic carbocycles. The lowest BCUT2D eigenvalue weighted by molar-refractivity contribution is -0.192. The van der Waals surface area contributed by atoms with Gasteiger partial charge in [0.15, 0.2) is 0 Å². The maximum absolute atomic E-state index is 13.4. The fourth-order valence-electron chi connectivity index (χ4n) is 6.83. The van der Waals surface area contributed by atoms with Gasteiger partial charge in [0, 0.05) is 23.2 Å². The summed E-state index contributed by atoms with van der Waals surface area (Å²) >= 11 is 1.88. The number of piperidine rings is 1. The minimum Gasteiger partial charge on any atom is -0.496 e. The van der Waals surface area contributed by atoms with Gasteiger partial charge in [-0.15, -0.1) is 11.8 Å². The number of hydrogen-bond acceptors (Lipinski definition) is 8. The van der Waals surface area contributed by atoms with Crippen molar-refractivity contribution >= 4 is 35.5 Å². The van der Waals surface area contributed by atoms with Gasteiger partial charge in [-0.3, -0.25) is 24.2 Å². The summed E-state index contributed by atoms with van der Waals surface area (Å²) in [7, 11) is 4.58. The van der Waals surface area contributed by atoms with E-state index in [1.165, 1.54) is 51.2 Å². The van der Waals surface area contributed by atoms with Crippen molar-refractivity contribution in [1.82, 2.24) is 9.80 Å². The van der Waals surface area contributed by atoms with Crippen LogP contribution in [0.1, 0.15) is 63.0 Å². The van der Waals surface area contributed by atoms with Gasteiger partial charge in [0.05, 0.1) is 26.1 Å². The second-order valence-electron chi connectivity index (χ2n) is 10.8. The number of nitrogens with zero attached hydrogens (tertiary/aromatic N) is 2. The van der Waals surface area contributed by atoms with E-state index >= 15 is 0 Å². The Morgan fingerprint density at radius 2 is 1.71 bits per heavy atom. The standard InChI is InChI=1S/C26H34N2O5S.C2HF3O2/c1-27-23(29)20-21(24(27)30)26(25(31)33-3)13-7-8-14-28(26)22(20)16-11-12-19(18(15-16)32-2)34-17-9-5-4-6-10-17;3-2(4,5)1(6)7/h11-12,15,17,20-22H,4-10,13-14H2,1-3H3;(H,6,7)/t20-,21-,22-,26+;/m1./s1. The van der Waals surface area contributed by atoms with Crippen LogP contribution >= 0.6 is 11.8 Å². The lowest BCUT2D eigenvalue weighted by atomic mass is 9.75. The summed E-state index contributed by atoms with van der Waals surface area (Å²) in [5.41, 5.74) is -0.174. The summed E-state index contributed by atoms with van der Waals surface area (Å²) < 4.78 is 42.8. The third kappa shape index (κ3) is 5.67. The van der Waals surface area contributed by atoms with Crippen molar-refractivity contribution in [3.63, 3.8) is 0 Å². The molecular weight excluding hydrogens is 565 g/mol. The Balaban J connectivity index is 0.000000493. The normalized spacial score (nSPS) is 28.4. The first-order valence-corrected chi connectivity index (χ1v) is 14.6. The molecule has 13 heteroatoms. The molecule has 41 heavy (non-hydrogen) atoms. The van der Waals surface area contributed by atoms with Gasteiger partial charge >= 0.3 is 18.1 Å². The van der Waals surface area contributed by atoms with Gasteiger partial charge in [0.1, 0.15) is 11.3 Å². The van der Waals surface area contributed by atoms with Crippen molar-refractivity contribution < 1.29 is 46.9 Å². The van der Waals surface area contributed by atoms with Gasteiger partial charge in [-0.05, 0) is 56.3 Å². The van der Waals surface area contributed by atoms with Crippen LogP contribution in [0.5, 0.6) is 5.75 Å². The number of aliphatic carboxylic acids is 1. The summed E-state index contributed by atoms with van der Waals surface area (Å²) in [6.07, 6.45) is 3.50. The Labute approximate surface area is 240 Å². The smallest absolute Gasteiger partial charge is 0.490 e. The molecule has 0 spiro atoms. The molecule has 1 N–H and O–H groups in total. The third-order valence-electron chi connectivity index (χ3n) is 8.64. The number of carbonyl (C=O) groups excluding carboxylic acids is 3. The second-order valence-corrected chi connectivity index (χ2v) is 12.2. The van der Waals surface area contributed by atoms with E-state index in [1.807, 2.05) is 17.8 Å². The van der Waals surface area contributed by atoms with Gasteiger partial charge in [0.2, 0.25) is 11.8 Å². The number of thioether (sulfide) groups is 1. The Kier molecular flexibility index (Phi) is 9.27. The van der Waals surface area contributed by atoms with E-state index in [1.54, 1.807) is 7.11 Å². The number of hydrogen-bond donors (Lipinski definition) is 1. The van der Waals surface area contributed by atoms with Crippen LogP contribution in [0.4, 0.5) is 13.2 Å². The molecule has 4 aliphatic rings. The van der Waals surface area contributed by atoms with Crippen LogP contribution in [0.2, 0.25) is 0 Å². The number of imide groups is 1. The Bertz CT molecular complexity index is 1190. The molecule has 9 nitrogen and oxygen atoms in total. The minimum atomic E-state index is -5.08. The number of likely N-dealkylation sites (tertiary alicyclic amines) is 1. The second kappa shape index (κ2) is 12.2. The van der Waals surface area contributed by atoms with Crippen molar-refractivity contribution in [2.24, 2.45) is 11.8 Å². The third-order valence-corrected chi connectivity index (χ3v) is 10.0. The summed E-state index contributed by atoms with van der Waals surface area (Å²) in [6.45, 7) is 0.651. The lowest BCUT2D eigenvalue weighted by Gasteiger charge is -2.44. The van der Waals surface area contributed by atoms with Crippen molar-refractivity contribution in [2.45, 2.75) is 79.3 Å². The molecule has 3 saturated heterocycles. The molecule has 4 atom stereocenters. The summed E-state index contributed by atoms with van der Waals surface area (Å²) in [6, 6.07) is 5.81. The van der Waals surface area contributed by atoms with Crippen LogP contribution in [0, 0.1) is 11.8 Å². The van der Waals surface area contributed by atoms with Crippen LogP contribution in [0.25, 0.3) is 0 Å². The number of ether oxygens (including phenoxy) is 2. The molecule has 0 radical (unpaired) electrons. The number of carboxylic acids is 1. The van der Waals surface area contributed by atoms with Crippen LogP contribution in [-0.2, 0) is 23.9 Å². The molecular formula is C28H35F3N2O7S. The monoisotopic (exact) mass is 600 g/mol. The highest BCUT2D eigenvalue weighted by Crippen LogP contribution is 2.58. The molecule has 1 aromatic rings. The average molecular weight is 601 g/mol. The highest BCUT2D eigenvalue weighted by Gasteiger charge is 2.72. The SMILES string of the molecule is COC(=O)[C@@]12CCCCN1[C@H](c1ccc(SC3CCCCC3)c(OC)c1)[C@@H]1C(=O)N(C)C(=O)[C@@H]12.O=C(O)C(F)(F)F. The lowest BCUT2D eigenvalue weighted by Crippen LogP contribution is -2.59. The number of halogens is 3. The van der Waals surface area contributed by atoms with Crippen molar-refractivity contribution in [2.75, 3.05) is 27.8 Å². The summed E-state index contributed by atoms with van der Waals surface area (Å²) in [4.78, 5) is 53.2. The van der Waals surface area contributed by atoms with Crippen LogP contribution in [0.15, 0.2) is 23.1 Å². The van der Waals surface area contributed by atoms with E-state index in [9.17, 15) is 27.6 Å². The predicted octanol–water partition coefficient (Wildman–Crippen LogP) is 4.44. The van der Waals surface area contributed by atoms with Gasteiger partial charge in [0.25, 0.3) is 0 Å². The van der Waals surface area contributed by atoms with Crippen molar-refractivity contribution in [1.29, 1.82) is 0 Å². The van der Waals surface area contributed by atoms with E-state index in [0.717, 1.165) is 29.1 Å². The van der Waals surface area contributed by atoms with Crippen LogP contribution < -0.4 is 4.74 Å². The van der Waals surface area contributed by atoms with Crippen LogP contribution in [0.3, 0.4) is 0 Å². The zero-order chi connectivity index (χ0) is 30.1. The van der Waals surface area contributed by atoms with E-state index in [-0.39, 0.29) is 17.9 Å². The quantitative estimate of drug-likeness (QED) is 0.387. The molecule has 0 unspecified atom stereocenters. The number of methoxy groups -OCH3 is 2. The molecule has 0 aromatic heterocycles. The number of alkyl halides is 3. The van der Waals surface area contributed by atoms with E-state index in [4.69, 9.17) is 19.4 Å². The number of rotatable bonds is 5. The van der Waals surface area contributed by atoms with Gasteiger partial charge < -0.3 is 14.6 Å². The van der Waals surface area contributed by atoms with Gasteiger partial charge in [-0.1, -0.05) is 25.3 Å². The Morgan fingerprint density at radius 3 is 2.29 bits per heavy atom. The number of fused-ring (bicyclic) bond motifs is 3. The maximum atomic E-state index is 13.4. The van der Waals surface area contributed by atoms with Crippen molar-refractivity contribution in [3.05, 3.63) is 23.8 Å². The first-order valence-electron chi connectivity index (χ1n) is 13.7. The zero-order valence-electron chi connectivity index (χ0n) is 23.2. The van der Waals surface area contributed by atoms with E-state index < -0.39 is 35.5 Å². The molecule has 3 aliphatic heterocycles. The summed E-state index contributed by atoms with van der Waals surface area (Å²) in [5.74, 6) is -4.17. The Morgan fingerprint density at radius 1 is 1.05 bits per heavy atom. The molecule has 1 saturated carbocycles. The minimum absolute atomic E-state index is 0.211. The predicted molar refractivity (Wildman–Crippen MR) is 142 cm³/mol. The van der Waals surface area contributed by atoms with E-state index in [0.29, 0.717) is 18.2 Å². The van der Waals surface area contributed by atoms with E-state index in [2.05, 4.69) is 17.0 Å². The molecule has 1 aromatic carbocycles. The molecule has 0 bridgehead atoms. The van der Waals surface area contributed by atoms with Crippen molar-refractivity contribution in [3.8, 4) is 5.75 Å². The zero-order valence-corrected chi connectivity index (χ0v) is 24.1. The molecule has 226 valence electrons. The molecule has 4 fully saturated rings. The largest absolute Gasteiger partial charge is 0.496 e. The molecule has 5 rings (SSSR count). The fourth-order valence-corrected chi connectivity index (χ4v) is 8.16. The average Bonchev–Trinajstić information content (AvgIpc) is 3.39. The summed E-state index contributed by atoms with van der Waals surface area (Å²) in [5, 5.41) is 7.72. The first kappa shape index (κ1) is 31.1. The topological polar surface area (TPSA) is 113 Å². The van der Waals surface area contributed by atoms with Gasteiger partial charge in [-0.2, -0.15) is 13.2 Å². The number of carbonyl (C=O) groups is 4. The first-order chi connectivity index (χ1) is 19.4.